The van der Waals surface area contributed by atoms with E-state index in [9.17, 15) is 4.79 Å². The Kier molecular flexibility index (Phi) is 5.61. The molecule has 0 fully saturated rings. The number of amides is 1. The van der Waals surface area contributed by atoms with E-state index >= 15 is 0 Å². The van der Waals surface area contributed by atoms with Crippen LogP contribution in [0.25, 0.3) is 0 Å². The molecule has 0 bridgehead atoms. The van der Waals surface area contributed by atoms with Gasteiger partial charge in [-0.25, -0.2) is 4.98 Å². The first-order valence-electron chi connectivity index (χ1n) is 10.3. The predicted octanol–water partition coefficient (Wildman–Crippen LogP) is 4.77. The lowest BCUT2D eigenvalue weighted by atomic mass is 9.86. The number of aryl methyl sites for hydroxylation is 2. The molecular formula is C24H32N2O3. The van der Waals surface area contributed by atoms with Gasteiger partial charge in [0.05, 0.1) is 7.11 Å². The highest BCUT2D eigenvalue weighted by Crippen LogP contribution is 2.44. The summed E-state index contributed by atoms with van der Waals surface area (Å²) in [4.78, 5) is 20.0. The van der Waals surface area contributed by atoms with Gasteiger partial charge in [-0.3, -0.25) is 9.69 Å². The molecule has 2 aromatic rings. The number of methoxy groups -OCH3 is 1. The van der Waals surface area contributed by atoms with E-state index in [2.05, 4.69) is 11.9 Å². The minimum Gasteiger partial charge on any atom is -0.496 e. The maximum atomic E-state index is 13.6. The third-order valence-corrected chi connectivity index (χ3v) is 6.07. The molecule has 5 heteroatoms. The molecule has 5 nitrogen and oxygen atoms in total. The number of likely N-dealkylation sites (N-methyl/N-ethyl adjacent to an activating group) is 1. The number of hydrogen-bond acceptors (Lipinski definition) is 4. The normalized spacial score (nSPS) is 18.1. The third-order valence-electron chi connectivity index (χ3n) is 6.07. The average Bonchev–Trinajstić information content (AvgIpc) is 2.66. The highest BCUT2D eigenvalue weighted by atomic mass is 16.5. The van der Waals surface area contributed by atoms with Crippen LogP contribution in [0.2, 0.25) is 0 Å². The summed E-state index contributed by atoms with van der Waals surface area (Å²) in [6.45, 7) is 14.5. The summed E-state index contributed by atoms with van der Waals surface area (Å²) in [7, 11) is 1.70. The molecule has 0 N–H and O–H groups in total. The van der Waals surface area contributed by atoms with Gasteiger partial charge in [-0.15, -0.1) is 0 Å². The largest absolute Gasteiger partial charge is 0.496 e. The minimum absolute atomic E-state index is 0.0475. The van der Waals surface area contributed by atoms with Crippen molar-refractivity contribution < 1.29 is 14.3 Å². The van der Waals surface area contributed by atoms with Gasteiger partial charge >= 0.3 is 0 Å². The smallest absolute Gasteiger partial charge is 0.272 e. The van der Waals surface area contributed by atoms with Crippen LogP contribution in [-0.2, 0) is 11.2 Å². The van der Waals surface area contributed by atoms with Gasteiger partial charge < -0.3 is 9.47 Å². The molecule has 0 spiro atoms. The average molecular weight is 397 g/mol. The summed E-state index contributed by atoms with van der Waals surface area (Å²) >= 11 is 0. The van der Waals surface area contributed by atoms with Gasteiger partial charge in [0.15, 0.2) is 5.60 Å². The lowest BCUT2D eigenvalue weighted by Crippen LogP contribution is -2.53. The molecule has 1 aliphatic rings. The fraction of sp³-hybridized carbons (Fsp3) is 0.500. The molecule has 1 unspecified atom stereocenters. The Morgan fingerprint density at radius 3 is 2.45 bits per heavy atom. The van der Waals surface area contributed by atoms with Crippen LogP contribution in [0.4, 0.5) is 5.82 Å². The van der Waals surface area contributed by atoms with E-state index < -0.39 is 5.60 Å². The number of rotatable bonds is 4. The fourth-order valence-electron chi connectivity index (χ4n) is 4.34. The molecule has 1 aromatic carbocycles. The summed E-state index contributed by atoms with van der Waals surface area (Å²) in [5.41, 5.74) is 5.40. The topological polar surface area (TPSA) is 51.7 Å². The zero-order chi connectivity index (χ0) is 21.5. The molecule has 1 atom stereocenters. The predicted molar refractivity (Wildman–Crippen MR) is 116 cm³/mol. The number of carbonyl (C=O) groups is 1. The zero-order valence-corrected chi connectivity index (χ0v) is 18.9. The monoisotopic (exact) mass is 396 g/mol. The van der Waals surface area contributed by atoms with Gasteiger partial charge in [0.2, 0.25) is 0 Å². The summed E-state index contributed by atoms with van der Waals surface area (Å²) < 4.78 is 12.1. The Bertz CT molecular complexity index is 947. The van der Waals surface area contributed by atoms with Gasteiger partial charge in [-0.05, 0) is 89.3 Å². The van der Waals surface area contributed by atoms with Gasteiger partial charge in [0, 0.05) is 24.2 Å². The first-order chi connectivity index (χ1) is 13.6. The molecule has 1 aromatic heterocycles. The molecule has 0 aliphatic carbocycles. The van der Waals surface area contributed by atoms with Gasteiger partial charge in [-0.1, -0.05) is 0 Å². The van der Waals surface area contributed by atoms with Crippen LogP contribution in [0.5, 0.6) is 11.5 Å². The van der Waals surface area contributed by atoms with Crippen molar-refractivity contribution in [3.05, 3.63) is 45.6 Å². The lowest BCUT2D eigenvalue weighted by molar-refractivity contribution is -0.134. The van der Waals surface area contributed by atoms with E-state index in [0.717, 1.165) is 51.4 Å². The summed E-state index contributed by atoms with van der Waals surface area (Å²) in [5.74, 6) is 2.37. The Balaban J connectivity index is 2.01. The number of anilines is 1. The molecule has 0 radical (unpaired) electrons. The minimum atomic E-state index is -0.930. The van der Waals surface area contributed by atoms with Crippen molar-refractivity contribution in [2.45, 2.75) is 66.9 Å². The van der Waals surface area contributed by atoms with Crippen molar-refractivity contribution in [2.24, 2.45) is 0 Å². The van der Waals surface area contributed by atoms with Crippen molar-refractivity contribution in [1.82, 2.24) is 4.98 Å². The lowest BCUT2D eigenvalue weighted by Gasteiger charge is -2.39. The van der Waals surface area contributed by atoms with E-state index in [4.69, 9.17) is 9.47 Å². The Hall–Kier alpha value is -2.56. The van der Waals surface area contributed by atoms with E-state index in [1.165, 1.54) is 0 Å². The number of hydrogen-bond donors (Lipinski definition) is 0. The van der Waals surface area contributed by atoms with Crippen LogP contribution < -0.4 is 14.4 Å². The SMILES string of the molecule is CCN(C(=O)C1(C)CCc2c(C)c(OC)c(C)c(C)c2O1)c1cc(C)cc(C)n1. The van der Waals surface area contributed by atoms with Crippen molar-refractivity contribution in [3.8, 4) is 11.5 Å². The summed E-state index contributed by atoms with van der Waals surface area (Å²) in [6, 6.07) is 3.97. The van der Waals surface area contributed by atoms with Crippen LogP contribution in [0, 0.1) is 34.6 Å². The van der Waals surface area contributed by atoms with Crippen molar-refractivity contribution in [2.75, 3.05) is 18.6 Å². The third kappa shape index (κ3) is 3.59. The number of benzene rings is 1. The summed E-state index contributed by atoms with van der Waals surface area (Å²) in [6.07, 6.45) is 1.39. The standard InChI is InChI=1S/C24H32N2O3/c1-9-26(20-13-14(2)12-15(3)25-20)23(27)24(7)11-10-19-18(6)21(28-8)16(4)17(5)22(19)29-24/h12-13H,9-11H2,1-8H3. The van der Waals surface area contributed by atoms with Crippen LogP contribution in [0.15, 0.2) is 12.1 Å². The molecule has 156 valence electrons. The maximum absolute atomic E-state index is 13.6. The second-order valence-electron chi connectivity index (χ2n) is 8.24. The molecular weight excluding hydrogens is 364 g/mol. The number of nitrogens with zero attached hydrogens (tertiary/aromatic N) is 2. The molecule has 1 aliphatic heterocycles. The van der Waals surface area contributed by atoms with Crippen LogP contribution in [-0.4, -0.2) is 30.1 Å². The quantitative estimate of drug-likeness (QED) is 0.747. The fourth-order valence-corrected chi connectivity index (χ4v) is 4.34. The molecule has 29 heavy (non-hydrogen) atoms. The van der Waals surface area contributed by atoms with E-state index in [1.807, 2.05) is 53.7 Å². The van der Waals surface area contributed by atoms with Gasteiger partial charge in [-0.2, -0.15) is 0 Å². The molecule has 2 heterocycles. The Morgan fingerprint density at radius 2 is 1.86 bits per heavy atom. The van der Waals surface area contributed by atoms with Crippen molar-refractivity contribution in [1.29, 1.82) is 0 Å². The second-order valence-corrected chi connectivity index (χ2v) is 8.24. The van der Waals surface area contributed by atoms with Crippen molar-refractivity contribution in [3.63, 3.8) is 0 Å². The molecule has 1 amide bonds. The van der Waals surface area contributed by atoms with E-state index in [-0.39, 0.29) is 5.91 Å². The highest BCUT2D eigenvalue weighted by Gasteiger charge is 2.43. The number of ether oxygens (including phenoxy) is 2. The first-order valence-corrected chi connectivity index (χ1v) is 10.3. The number of pyridine rings is 1. The highest BCUT2D eigenvalue weighted by molar-refractivity contribution is 5.99. The zero-order valence-electron chi connectivity index (χ0n) is 18.9. The summed E-state index contributed by atoms with van der Waals surface area (Å²) in [5, 5.41) is 0. The van der Waals surface area contributed by atoms with Crippen molar-refractivity contribution >= 4 is 11.7 Å². The number of carbonyl (C=O) groups excluding carboxylic acids is 1. The van der Waals surface area contributed by atoms with Crippen LogP contribution >= 0.6 is 0 Å². The van der Waals surface area contributed by atoms with E-state index in [1.54, 1.807) is 12.0 Å². The van der Waals surface area contributed by atoms with Crippen LogP contribution in [0.1, 0.15) is 53.8 Å². The molecule has 3 rings (SSSR count). The number of fused-ring (bicyclic) bond motifs is 1. The first kappa shape index (κ1) is 21.2. The Morgan fingerprint density at radius 1 is 1.17 bits per heavy atom. The number of aromatic nitrogens is 1. The van der Waals surface area contributed by atoms with Gasteiger partial charge in [0.1, 0.15) is 17.3 Å². The molecule has 0 saturated carbocycles. The second kappa shape index (κ2) is 7.69. The van der Waals surface area contributed by atoms with Gasteiger partial charge in [0.25, 0.3) is 5.91 Å². The maximum Gasteiger partial charge on any atom is 0.272 e. The molecule has 0 saturated heterocycles. The Labute approximate surface area is 174 Å². The van der Waals surface area contributed by atoms with Crippen LogP contribution in [0.3, 0.4) is 0 Å². The van der Waals surface area contributed by atoms with E-state index in [0.29, 0.717) is 18.8 Å².